The smallest absolute Gasteiger partial charge is 0.214 e. The zero-order valence-corrected chi connectivity index (χ0v) is 16.0. The fourth-order valence-electron chi connectivity index (χ4n) is 2.60. The van der Waals surface area contributed by atoms with Crippen molar-refractivity contribution in [2.45, 2.75) is 31.7 Å². The molecule has 0 spiro atoms. The van der Waals surface area contributed by atoms with Gasteiger partial charge in [-0.15, -0.1) is 5.10 Å². The van der Waals surface area contributed by atoms with Crippen molar-refractivity contribution in [3.8, 4) is 5.69 Å². The highest BCUT2D eigenvalue weighted by molar-refractivity contribution is 7.99. The van der Waals surface area contributed by atoms with Gasteiger partial charge >= 0.3 is 0 Å². The van der Waals surface area contributed by atoms with Crippen molar-refractivity contribution in [3.63, 3.8) is 0 Å². The second kappa shape index (κ2) is 9.07. The molecule has 8 heteroatoms. The number of aliphatic hydroxyl groups is 1. The maximum absolute atomic E-state index is 13.5. The van der Waals surface area contributed by atoms with Crippen LogP contribution >= 0.6 is 11.8 Å². The van der Waals surface area contributed by atoms with Crippen molar-refractivity contribution in [1.82, 2.24) is 20.2 Å². The largest absolute Gasteiger partial charge is 0.390 e. The first-order chi connectivity index (χ1) is 13.0. The summed E-state index contributed by atoms with van der Waals surface area (Å²) in [6, 6.07) is 12.5. The lowest BCUT2D eigenvalue weighted by Gasteiger charge is -2.12. The quantitative estimate of drug-likeness (QED) is 0.598. The summed E-state index contributed by atoms with van der Waals surface area (Å²) < 4.78 is 20.6. The Morgan fingerprint density at radius 2 is 2.04 bits per heavy atom. The number of rotatable bonds is 8. The average molecular weight is 388 g/mol. The number of hydrogen-bond acceptors (Lipinski definition) is 6. The molecule has 0 unspecified atom stereocenters. The van der Waals surface area contributed by atoms with Crippen LogP contribution in [0.2, 0.25) is 0 Å². The van der Waals surface area contributed by atoms with E-state index in [2.05, 4.69) is 21.6 Å². The standard InChI is InChI=1S/C19H21FN4O2S/c1-13-7-8-18(14(2)9-13)24-19(21-22-23-24)27-12-16(25)11-26-10-15-5-3-4-6-17(15)20/h3-9,16,25H,10-12H2,1-2H3/t16-/m0/s1. The van der Waals surface area contributed by atoms with E-state index in [0.717, 1.165) is 11.3 Å². The van der Waals surface area contributed by atoms with Crippen LogP contribution in [-0.4, -0.2) is 43.8 Å². The molecule has 3 aromatic rings. The number of nitrogens with zero attached hydrogens (tertiary/aromatic N) is 4. The molecule has 0 aliphatic rings. The first kappa shape index (κ1) is 19.5. The summed E-state index contributed by atoms with van der Waals surface area (Å²) in [6.07, 6.45) is -0.717. The molecule has 0 fully saturated rings. The molecule has 0 amide bonds. The van der Waals surface area contributed by atoms with Gasteiger partial charge in [-0.3, -0.25) is 0 Å². The van der Waals surface area contributed by atoms with Gasteiger partial charge in [0.15, 0.2) is 0 Å². The third-order valence-corrected chi connectivity index (χ3v) is 5.02. The van der Waals surface area contributed by atoms with E-state index in [4.69, 9.17) is 4.74 Å². The number of aliphatic hydroxyl groups excluding tert-OH is 1. The molecule has 1 atom stereocenters. The van der Waals surface area contributed by atoms with Gasteiger partial charge in [0.1, 0.15) is 5.82 Å². The Kier molecular flexibility index (Phi) is 6.54. The zero-order valence-electron chi connectivity index (χ0n) is 15.2. The predicted octanol–water partition coefficient (Wildman–Crippen LogP) is 3.09. The molecule has 0 bridgehead atoms. The van der Waals surface area contributed by atoms with E-state index in [9.17, 15) is 9.50 Å². The highest BCUT2D eigenvalue weighted by Crippen LogP contribution is 2.22. The topological polar surface area (TPSA) is 73.1 Å². The number of aromatic nitrogens is 4. The van der Waals surface area contributed by atoms with Gasteiger partial charge < -0.3 is 9.84 Å². The lowest BCUT2D eigenvalue weighted by atomic mass is 10.1. The molecular formula is C19H21FN4O2S. The van der Waals surface area contributed by atoms with Crippen LogP contribution in [0.3, 0.4) is 0 Å². The Balaban J connectivity index is 1.53. The minimum atomic E-state index is -0.717. The zero-order chi connectivity index (χ0) is 19.2. The van der Waals surface area contributed by atoms with Crippen molar-refractivity contribution >= 4 is 11.8 Å². The molecule has 1 aromatic heterocycles. The van der Waals surface area contributed by atoms with Crippen molar-refractivity contribution < 1.29 is 14.2 Å². The van der Waals surface area contributed by atoms with E-state index in [1.54, 1.807) is 22.9 Å². The molecule has 0 radical (unpaired) electrons. The monoisotopic (exact) mass is 388 g/mol. The number of hydrogen-bond donors (Lipinski definition) is 1. The van der Waals surface area contributed by atoms with Gasteiger partial charge in [-0.2, -0.15) is 4.68 Å². The minimum absolute atomic E-state index is 0.104. The molecule has 0 aliphatic heterocycles. The Hall–Kier alpha value is -2.29. The summed E-state index contributed by atoms with van der Waals surface area (Å²) in [7, 11) is 0. The second-order valence-electron chi connectivity index (χ2n) is 6.23. The maximum atomic E-state index is 13.5. The Labute approximate surface area is 161 Å². The first-order valence-corrected chi connectivity index (χ1v) is 9.51. The number of halogens is 1. The van der Waals surface area contributed by atoms with Crippen LogP contribution in [0.4, 0.5) is 4.39 Å². The second-order valence-corrected chi connectivity index (χ2v) is 7.22. The molecule has 3 rings (SSSR count). The molecule has 0 saturated heterocycles. The maximum Gasteiger partial charge on any atom is 0.214 e. The van der Waals surface area contributed by atoms with Crippen LogP contribution in [-0.2, 0) is 11.3 Å². The van der Waals surface area contributed by atoms with Crippen molar-refractivity contribution in [1.29, 1.82) is 0 Å². The third kappa shape index (κ3) is 5.12. The number of aryl methyl sites for hydroxylation is 2. The highest BCUT2D eigenvalue weighted by atomic mass is 32.2. The predicted molar refractivity (Wildman–Crippen MR) is 101 cm³/mol. The lowest BCUT2D eigenvalue weighted by molar-refractivity contribution is 0.0386. The average Bonchev–Trinajstić information content (AvgIpc) is 3.10. The van der Waals surface area contributed by atoms with Crippen LogP contribution in [0.1, 0.15) is 16.7 Å². The van der Waals surface area contributed by atoms with E-state index in [0.29, 0.717) is 16.5 Å². The fraction of sp³-hybridized carbons (Fsp3) is 0.316. The molecule has 6 nitrogen and oxygen atoms in total. The van der Waals surface area contributed by atoms with E-state index in [-0.39, 0.29) is 19.0 Å². The van der Waals surface area contributed by atoms with E-state index in [1.165, 1.54) is 23.4 Å². The SMILES string of the molecule is Cc1ccc(-n2nnnc2SC[C@@H](O)COCc2ccccc2F)c(C)c1. The molecule has 142 valence electrons. The van der Waals surface area contributed by atoms with Crippen molar-refractivity contribution in [3.05, 3.63) is 65.0 Å². The first-order valence-electron chi connectivity index (χ1n) is 8.52. The molecule has 27 heavy (non-hydrogen) atoms. The van der Waals surface area contributed by atoms with Crippen LogP contribution in [0.15, 0.2) is 47.6 Å². The molecular weight excluding hydrogens is 367 g/mol. The minimum Gasteiger partial charge on any atom is -0.390 e. The van der Waals surface area contributed by atoms with Gasteiger partial charge in [0.25, 0.3) is 0 Å². The number of benzene rings is 2. The number of thioether (sulfide) groups is 1. The summed E-state index contributed by atoms with van der Waals surface area (Å²) in [4.78, 5) is 0. The van der Waals surface area contributed by atoms with Crippen LogP contribution in [0.5, 0.6) is 0 Å². The molecule has 1 N–H and O–H groups in total. The van der Waals surface area contributed by atoms with E-state index >= 15 is 0 Å². The van der Waals surface area contributed by atoms with Gasteiger partial charge in [-0.1, -0.05) is 47.7 Å². The van der Waals surface area contributed by atoms with Crippen LogP contribution < -0.4 is 0 Å². The summed E-state index contributed by atoms with van der Waals surface area (Å²) in [5.41, 5.74) is 3.61. The van der Waals surface area contributed by atoms with Crippen LogP contribution in [0.25, 0.3) is 5.69 Å². The highest BCUT2D eigenvalue weighted by Gasteiger charge is 2.14. The molecule has 1 heterocycles. The van der Waals surface area contributed by atoms with E-state index < -0.39 is 6.10 Å². The van der Waals surface area contributed by atoms with Crippen molar-refractivity contribution in [2.75, 3.05) is 12.4 Å². The van der Waals surface area contributed by atoms with Gasteiger partial charge in [-0.25, -0.2) is 4.39 Å². The molecule has 2 aromatic carbocycles. The normalized spacial score (nSPS) is 12.3. The van der Waals surface area contributed by atoms with Gasteiger partial charge in [0.05, 0.1) is 25.0 Å². The lowest BCUT2D eigenvalue weighted by Crippen LogP contribution is -2.18. The van der Waals surface area contributed by atoms with Gasteiger partial charge in [0.2, 0.25) is 5.16 Å². The van der Waals surface area contributed by atoms with Crippen LogP contribution in [0, 0.1) is 19.7 Å². The van der Waals surface area contributed by atoms with E-state index in [1.807, 2.05) is 26.0 Å². The Bertz CT molecular complexity index is 903. The fourth-order valence-corrected chi connectivity index (χ4v) is 3.39. The summed E-state index contributed by atoms with van der Waals surface area (Å²) in [5.74, 6) is 0.0525. The Morgan fingerprint density at radius 3 is 2.81 bits per heavy atom. The third-order valence-electron chi connectivity index (χ3n) is 3.95. The Morgan fingerprint density at radius 1 is 1.22 bits per heavy atom. The van der Waals surface area contributed by atoms with Gasteiger partial charge in [-0.05, 0) is 42.0 Å². The number of ether oxygens (including phenoxy) is 1. The summed E-state index contributed by atoms with van der Waals surface area (Å²) in [6.45, 7) is 4.26. The number of tetrazole rings is 1. The molecule has 0 aliphatic carbocycles. The summed E-state index contributed by atoms with van der Waals surface area (Å²) >= 11 is 1.34. The van der Waals surface area contributed by atoms with Gasteiger partial charge in [0, 0.05) is 11.3 Å². The molecule has 0 saturated carbocycles. The van der Waals surface area contributed by atoms with Crippen molar-refractivity contribution in [2.24, 2.45) is 0 Å². The summed E-state index contributed by atoms with van der Waals surface area (Å²) in [5, 5.41) is 22.5.